The summed E-state index contributed by atoms with van der Waals surface area (Å²) in [5.74, 6) is -0.0350. The molecule has 2 aromatic rings. The number of hydrogen-bond acceptors (Lipinski definition) is 5. The van der Waals surface area contributed by atoms with Gasteiger partial charge in [-0.05, 0) is 36.8 Å². The second-order valence-electron chi connectivity index (χ2n) is 4.07. The molecule has 2 rings (SSSR count). The molecule has 0 atom stereocenters. The average Bonchev–Trinajstić information content (AvgIpc) is 2.85. The summed E-state index contributed by atoms with van der Waals surface area (Å²) in [6.07, 6.45) is 1.41. The summed E-state index contributed by atoms with van der Waals surface area (Å²) in [6, 6.07) is 6.40. The molecule has 1 heterocycles. The van der Waals surface area contributed by atoms with E-state index in [0.717, 1.165) is 5.69 Å². The fourth-order valence-electron chi connectivity index (χ4n) is 1.54. The minimum absolute atomic E-state index is 0.00528. The number of aromatic amines is 1. The number of phenols is 1. The molecule has 20 heavy (non-hydrogen) atoms. The summed E-state index contributed by atoms with van der Waals surface area (Å²) in [5, 5.41) is 19.9. The largest absolute Gasteiger partial charge is 0.504 e. The zero-order valence-corrected chi connectivity index (χ0v) is 11.0. The van der Waals surface area contributed by atoms with Crippen LogP contribution >= 0.6 is 0 Å². The van der Waals surface area contributed by atoms with Crippen molar-refractivity contribution < 1.29 is 14.6 Å². The number of hydrazone groups is 1. The van der Waals surface area contributed by atoms with Crippen LogP contribution in [0.4, 0.5) is 0 Å². The quantitative estimate of drug-likeness (QED) is 0.576. The van der Waals surface area contributed by atoms with Crippen LogP contribution in [0.15, 0.2) is 29.4 Å². The first kappa shape index (κ1) is 13.6. The molecule has 7 heteroatoms. The Morgan fingerprint density at radius 3 is 2.90 bits per heavy atom. The molecule has 0 bridgehead atoms. The number of benzene rings is 1. The molecule has 0 aliphatic heterocycles. The second kappa shape index (κ2) is 5.87. The van der Waals surface area contributed by atoms with Crippen LogP contribution in [0.5, 0.6) is 11.5 Å². The van der Waals surface area contributed by atoms with Crippen molar-refractivity contribution in [2.24, 2.45) is 5.10 Å². The van der Waals surface area contributed by atoms with E-state index in [-0.39, 0.29) is 11.4 Å². The number of amides is 1. The van der Waals surface area contributed by atoms with Gasteiger partial charge in [-0.25, -0.2) is 5.43 Å². The Labute approximate surface area is 115 Å². The lowest BCUT2D eigenvalue weighted by atomic mass is 10.2. The van der Waals surface area contributed by atoms with Crippen molar-refractivity contribution in [1.82, 2.24) is 15.6 Å². The number of nitrogens with one attached hydrogen (secondary N) is 2. The Morgan fingerprint density at radius 2 is 2.30 bits per heavy atom. The van der Waals surface area contributed by atoms with Crippen molar-refractivity contribution in [3.8, 4) is 11.5 Å². The maximum absolute atomic E-state index is 11.6. The van der Waals surface area contributed by atoms with E-state index in [4.69, 9.17) is 4.74 Å². The lowest BCUT2D eigenvalue weighted by Gasteiger charge is -2.02. The second-order valence-corrected chi connectivity index (χ2v) is 4.07. The van der Waals surface area contributed by atoms with E-state index in [2.05, 4.69) is 20.7 Å². The molecule has 0 spiro atoms. The number of carbonyl (C=O) groups is 1. The van der Waals surface area contributed by atoms with Crippen molar-refractivity contribution in [3.63, 3.8) is 0 Å². The molecule has 1 amide bonds. The van der Waals surface area contributed by atoms with Gasteiger partial charge in [0.05, 0.1) is 13.3 Å². The molecule has 0 saturated heterocycles. The topological polar surface area (TPSA) is 99.6 Å². The van der Waals surface area contributed by atoms with Crippen LogP contribution in [0.2, 0.25) is 0 Å². The van der Waals surface area contributed by atoms with Crippen molar-refractivity contribution >= 4 is 12.1 Å². The number of aromatic hydroxyl groups is 1. The van der Waals surface area contributed by atoms with Gasteiger partial charge in [-0.15, -0.1) is 0 Å². The van der Waals surface area contributed by atoms with Gasteiger partial charge in [0.15, 0.2) is 17.2 Å². The number of H-pyrrole nitrogens is 1. The van der Waals surface area contributed by atoms with E-state index in [0.29, 0.717) is 11.3 Å². The number of methoxy groups -OCH3 is 1. The van der Waals surface area contributed by atoms with Crippen LogP contribution in [0.3, 0.4) is 0 Å². The van der Waals surface area contributed by atoms with Gasteiger partial charge in [-0.3, -0.25) is 9.89 Å². The molecule has 7 nitrogen and oxygen atoms in total. The summed E-state index contributed by atoms with van der Waals surface area (Å²) < 4.78 is 4.93. The maximum Gasteiger partial charge on any atom is 0.291 e. The Kier molecular flexibility index (Phi) is 3.99. The predicted octanol–water partition coefficient (Wildman–Crippen LogP) is 1.20. The number of aromatic nitrogens is 2. The molecule has 0 saturated carbocycles. The first-order valence-electron chi connectivity index (χ1n) is 5.82. The number of rotatable bonds is 4. The third-order valence-electron chi connectivity index (χ3n) is 2.52. The monoisotopic (exact) mass is 274 g/mol. The number of hydrogen-bond donors (Lipinski definition) is 3. The molecule has 3 N–H and O–H groups in total. The zero-order valence-electron chi connectivity index (χ0n) is 11.0. The molecule has 0 radical (unpaired) electrons. The van der Waals surface area contributed by atoms with E-state index in [1.807, 2.05) is 0 Å². The lowest BCUT2D eigenvalue weighted by Crippen LogP contribution is -2.17. The molecule has 0 fully saturated rings. The van der Waals surface area contributed by atoms with E-state index in [1.54, 1.807) is 25.1 Å². The Morgan fingerprint density at radius 1 is 1.50 bits per heavy atom. The predicted molar refractivity (Wildman–Crippen MR) is 73.0 cm³/mol. The van der Waals surface area contributed by atoms with Gasteiger partial charge in [0.2, 0.25) is 0 Å². The van der Waals surface area contributed by atoms with Crippen molar-refractivity contribution in [2.75, 3.05) is 7.11 Å². The van der Waals surface area contributed by atoms with E-state index in [1.165, 1.54) is 19.4 Å². The summed E-state index contributed by atoms with van der Waals surface area (Å²) in [7, 11) is 1.47. The first-order chi connectivity index (χ1) is 9.60. The van der Waals surface area contributed by atoms with Gasteiger partial charge < -0.3 is 9.84 Å². The van der Waals surface area contributed by atoms with Crippen LogP contribution in [0.1, 0.15) is 21.7 Å². The number of ether oxygens (including phenoxy) is 1. The van der Waals surface area contributed by atoms with E-state index >= 15 is 0 Å². The number of carbonyl (C=O) groups excluding carboxylic acids is 1. The third kappa shape index (κ3) is 3.14. The molecule has 1 aromatic heterocycles. The van der Waals surface area contributed by atoms with Crippen LogP contribution < -0.4 is 10.2 Å². The first-order valence-corrected chi connectivity index (χ1v) is 5.82. The minimum atomic E-state index is -0.414. The SMILES string of the molecule is COc1ccc(C=NNC(=O)c2cc(C)[nH]n2)cc1O. The van der Waals surface area contributed by atoms with Gasteiger partial charge in [-0.1, -0.05) is 0 Å². The van der Waals surface area contributed by atoms with Crippen LogP contribution in [0.25, 0.3) is 0 Å². The van der Waals surface area contributed by atoms with Gasteiger partial charge in [0, 0.05) is 5.69 Å². The molecule has 0 unspecified atom stereocenters. The minimum Gasteiger partial charge on any atom is -0.504 e. The number of phenolic OH excluding ortho intramolecular Hbond substituents is 1. The molecular formula is C13H14N4O3. The van der Waals surface area contributed by atoms with Gasteiger partial charge in [0.1, 0.15) is 0 Å². The maximum atomic E-state index is 11.6. The number of nitrogens with zero attached hydrogens (tertiary/aromatic N) is 2. The normalized spacial score (nSPS) is 10.7. The Hall–Kier alpha value is -2.83. The van der Waals surface area contributed by atoms with Crippen molar-refractivity contribution in [1.29, 1.82) is 0 Å². The van der Waals surface area contributed by atoms with Gasteiger partial charge >= 0.3 is 0 Å². The highest BCUT2D eigenvalue weighted by Gasteiger charge is 2.07. The van der Waals surface area contributed by atoms with E-state index in [9.17, 15) is 9.90 Å². The molecule has 0 aliphatic rings. The average molecular weight is 274 g/mol. The fraction of sp³-hybridized carbons (Fsp3) is 0.154. The zero-order chi connectivity index (χ0) is 14.5. The molecule has 0 aliphatic carbocycles. The van der Waals surface area contributed by atoms with Gasteiger partial charge in [0.25, 0.3) is 5.91 Å². The van der Waals surface area contributed by atoms with Crippen LogP contribution in [-0.4, -0.2) is 34.5 Å². The lowest BCUT2D eigenvalue weighted by molar-refractivity contribution is 0.0950. The number of aryl methyl sites for hydroxylation is 1. The highest BCUT2D eigenvalue weighted by atomic mass is 16.5. The summed E-state index contributed by atoms with van der Waals surface area (Å²) in [6.45, 7) is 1.80. The Balaban J connectivity index is 2.00. The smallest absolute Gasteiger partial charge is 0.291 e. The highest BCUT2D eigenvalue weighted by Crippen LogP contribution is 2.25. The summed E-state index contributed by atoms with van der Waals surface area (Å²) in [5.41, 5.74) is 4.02. The molecule has 1 aromatic carbocycles. The summed E-state index contributed by atoms with van der Waals surface area (Å²) >= 11 is 0. The van der Waals surface area contributed by atoms with Crippen molar-refractivity contribution in [2.45, 2.75) is 6.92 Å². The summed E-state index contributed by atoms with van der Waals surface area (Å²) in [4.78, 5) is 11.6. The highest BCUT2D eigenvalue weighted by molar-refractivity contribution is 5.93. The standard InChI is InChI=1S/C13H14N4O3/c1-8-5-10(16-15-8)13(19)17-14-7-9-3-4-12(20-2)11(18)6-9/h3-7,18H,1-2H3,(H,15,16)(H,17,19). The van der Waals surface area contributed by atoms with E-state index < -0.39 is 5.91 Å². The Bertz CT molecular complexity index is 649. The van der Waals surface area contributed by atoms with Gasteiger partial charge in [-0.2, -0.15) is 10.2 Å². The molecular weight excluding hydrogens is 260 g/mol. The third-order valence-corrected chi connectivity index (χ3v) is 2.52. The van der Waals surface area contributed by atoms with Crippen LogP contribution in [-0.2, 0) is 0 Å². The molecule has 104 valence electrons. The van der Waals surface area contributed by atoms with Crippen molar-refractivity contribution in [3.05, 3.63) is 41.2 Å². The fourth-order valence-corrected chi connectivity index (χ4v) is 1.54. The van der Waals surface area contributed by atoms with Crippen LogP contribution in [0, 0.1) is 6.92 Å².